The molecule has 1 atom stereocenters. The topological polar surface area (TPSA) is 62.3 Å². The number of hydrogen-bond donors (Lipinski definition) is 1. The molecule has 0 spiro atoms. The molecule has 118 valence electrons. The third-order valence-corrected chi connectivity index (χ3v) is 4.54. The summed E-state index contributed by atoms with van der Waals surface area (Å²) in [7, 11) is 0. The zero-order chi connectivity index (χ0) is 16.4. The number of nitrogens with one attached hydrogen (secondary N) is 1. The second-order valence-electron chi connectivity index (χ2n) is 5.42. The number of aryl methyl sites for hydroxylation is 1. The summed E-state index contributed by atoms with van der Waals surface area (Å²) in [5.74, 6) is -0.237. The van der Waals surface area contributed by atoms with Crippen LogP contribution in [0.2, 0.25) is 0 Å². The molecule has 0 radical (unpaired) electrons. The highest BCUT2D eigenvalue weighted by Gasteiger charge is 2.28. The molecule has 2 amide bonds. The molecule has 5 nitrogen and oxygen atoms in total. The fourth-order valence-corrected chi connectivity index (χ4v) is 3.35. The lowest BCUT2D eigenvalue weighted by atomic mass is 9.93. The van der Waals surface area contributed by atoms with E-state index in [4.69, 9.17) is 0 Å². The lowest BCUT2D eigenvalue weighted by molar-refractivity contribution is -0.129. The van der Waals surface area contributed by atoms with Crippen molar-refractivity contribution in [1.82, 2.24) is 9.88 Å². The molecule has 0 fully saturated rings. The molecule has 0 unspecified atom stereocenters. The molecule has 1 aromatic heterocycles. The minimum Gasteiger partial charge on any atom is -0.311 e. The number of amides is 2. The van der Waals surface area contributed by atoms with Gasteiger partial charge in [0.15, 0.2) is 5.13 Å². The number of benzene rings is 1. The largest absolute Gasteiger partial charge is 0.311 e. The van der Waals surface area contributed by atoms with E-state index in [-0.39, 0.29) is 24.3 Å². The summed E-state index contributed by atoms with van der Waals surface area (Å²) in [6.07, 6.45) is 5.56. The quantitative estimate of drug-likeness (QED) is 0.940. The molecule has 1 aliphatic rings. The van der Waals surface area contributed by atoms with Gasteiger partial charge in [-0.15, -0.1) is 11.3 Å². The first-order valence-electron chi connectivity index (χ1n) is 7.33. The van der Waals surface area contributed by atoms with Gasteiger partial charge in [-0.05, 0) is 24.1 Å². The first-order chi connectivity index (χ1) is 11.0. The number of carbonyl (C=O) groups excluding carboxylic acids is 2. The number of nitrogens with zero attached hydrogens (tertiary/aromatic N) is 2. The van der Waals surface area contributed by atoms with Crippen LogP contribution in [0.25, 0.3) is 6.08 Å². The number of thiazole rings is 1. The van der Waals surface area contributed by atoms with Crippen molar-refractivity contribution >= 4 is 34.4 Å². The number of carbonyl (C=O) groups is 2. The number of aromatic nitrogens is 1. The van der Waals surface area contributed by atoms with E-state index in [1.54, 1.807) is 17.3 Å². The van der Waals surface area contributed by atoms with Gasteiger partial charge in [-0.25, -0.2) is 4.98 Å². The Morgan fingerprint density at radius 1 is 1.35 bits per heavy atom. The first-order valence-corrected chi connectivity index (χ1v) is 8.14. The molecule has 0 aliphatic carbocycles. The Kier molecular flexibility index (Phi) is 4.25. The van der Waals surface area contributed by atoms with E-state index in [0.717, 1.165) is 16.0 Å². The lowest BCUT2D eigenvalue weighted by Gasteiger charge is -2.32. The smallest absolute Gasteiger partial charge is 0.228 e. The summed E-state index contributed by atoms with van der Waals surface area (Å²) >= 11 is 1.43. The van der Waals surface area contributed by atoms with E-state index in [1.165, 1.54) is 18.3 Å². The van der Waals surface area contributed by atoms with Crippen molar-refractivity contribution < 1.29 is 9.59 Å². The Morgan fingerprint density at radius 3 is 2.83 bits per heavy atom. The Balaban J connectivity index is 1.81. The maximum absolute atomic E-state index is 12.4. The van der Waals surface area contributed by atoms with Crippen LogP contribution in [0.15, 0.2) is 36.7 Å². The van der Waals surface area contributed by atoms with Crippen molar-refractivity contribution in [1.29, 1.82) is 0 Å². The van der Waals surface area contributed by atoms with Crippen molar-refractivity contribution in [2.24, 2.45) is 0 Å². The van der Waals surface area contributed by atoms with Gasteiger partial charge in [-0.1, -0.05) is 24.3 Å². The minimum absolute atomic E-state index is 0.0846. The van der Waals surface area contributed by atoms with Gasteiger partial charge in [0.05, 0.1) is 12.5 Å². The predicted molar refractivity (Wildman–Crippen MR) is 90.8 cm³/mol. The highest BCUT2D eigenvalue weighted by Crippen LogP contribution is 2.33. The lowest BCUT2D eigenvalue weighted by Crippen LogP contribution is -2.33. The average molecular weight is 327 g/mol. The maximum Gasteiger partial charge on any atom is 0.228 e. The van der Waals surface area contributed by atoms with E-state index < -0.39 is 0 Å². The van der Waals surface area contributed by atoms with Crippen molar-refractivity contribution in [2.45, 2.75) is 26.3 Å². The van der Waals surface area contributed by atoms with Crippen LogP contribution in [0, 0.1) is 6.92 Å². The Labute approximate surface area is 138 Å². The maximum atomic E-state index is 12.4. The highest BCUT2D eigenvalue weighted by atomic mass is 32.1. The van der Waals surface area contributed by atoms with Crippen LogP contribution in [0.4, 0.5) is 5.13 Å². The Hall–Kier alpha value is -2.47. The molecule has 0 saturated carbocycles. The standard InChI is InChI=1S/C17H17N3O2S/c1-11-10-18-17(23-11)19-16(22)9-15-14-6-4-3-5-13(14)7-8-20(15)12(2)21/h3-8,10,15H,9H2,1-2H3,(H,18,19,22)/t15-/m0/s1. The molecular weight excluding hydrogens is 310 g/mol. The van der Waals surface area contributed by atoms with Crippen molar-refractivity contribution in [2.75, 3.05) is 5.32 Å². The van der Waals surface area contributed by atoms with E-state index in [0.29, 0.717) is 5.13 Å². The third-order valence-electron chi connectivity index (χ3n) is 3.72. The van der Waals surface area contributed by atoms with E-state index in [2.05, 4.69) is 10.3 Å². The zero-order valence-corrected chi connectivity index (χ0v) is 13.8. The van der Waals surface area contributed by atoms with E-state index in [1.807, 2.05) is 37.3 Å². The number of anilines is 1. The van der Waals surface area contributed by atoms with Gasteiger partial charge in [-0.3, -0.25) is 9.59 Å². The van der Waals surface area contributed by atoms with Crippen LogP contribution in [-0.2, 0) is 9.59 Å². The van der Waals surface area contributed by atoms with Gasteiger partial charge in [0.25, 0.3) is 0 Å². The first kappa shape index (κ1) is 15.4. The summed E-state index contributed by atoms with van der Waals surface area (Å²) < 4.78 is 0. The monoisotopic (exact) mass is 327 g/mol. The minimum atomic E-state index is -0.297. The molecule has 6 heteroatoms. The fraction of sp³-hybridized carbons (Fsp3) is 0.235. The SMILES string of the molecule is CC(=O)N1C=Cc2ccccc2[C@@H]1CC(=O)Nc1ncc(C)s1. The van der Waals surface area contributed by atoms with Crippen molar-refractivity contribution in [3.63, 3.8) is 0 Å². The van der Waals surface area contributed by atoms with Gasteiger partial charge in [0.2, 0.25) is 11.8 Å². The summed E-state index contributed by atoms with van der Waals surface area (Å²) in [4.78, 5) is 31.0. The van der Waals surface area contributed by atoms with E-state index in [9.17, 15) is 9.59 Å². The van der Waals surface area contributed by atoms with Crippen molar-refractivity contribution in [3.05, 3.63) is 52.7 Å². The van der Waals surface area contributed by atoms with Gasteiger partial charge in [0, 0.05) is 24.2 Å². The summed E-state index contributed by atoms with van der Waals surface area (Å²) in [5, 5.41) is 3.39. The molecule has 0 bridgehead atoms. The van der Waals surface area contributed by atoms with Gasteiger partial charge < -0.3 is 10.2 Å². The van der Waals surface area contributed by atoms with Crippen molar-refractivity contribution in [3.8, 4) is 0 Å². The predicted octanol–water partition coefficient (Wildman–Crippen LogP) is 3.35. The molecule has 1 N–H and O–H groups in total. The molecule has 3 rings (SSSR count). The summed E-state index contributed by atoms with van der Waals surface area (Å²) in [6, 6.07) is 7.52. The van der Waals surface area contributed by atoms with Crippen LogP contribution in [0.5, 0.6) is 0 Å². The molecule has 1 aromatic carbocycles. The molecule has 0 saturated heterocycles. The summed E-state index contributed by atoms with van der Waals surface area (Å²) in [6.45, 7) is 3.44. The van der Waals surface area contributed by atoms with Crippen LogP contribution in [0.3, 0.4) is 0 Å². The Bertz CT molecular complexity index is 782. The van der Waals surface area contributed by atoms with Crippen LogP contribution in [0.1, 0.15) is 35.4 Å². The second kappa shape index (κ2) is 6.34. The summed E-state index contributed by atoms with van der Waals surface area (Å²) in [5.41, 5.74) is 2.02. The van der Waals surface area contributed by atoms with E-state index >= 15 is 0 Å². The number of rotatable bonds is 3. The number of hydrogen-bond acceptors (Lipinski definition) is 4. The molecule has 23 heavy (non-hydrogen) atoms. The normalized spacial score (nSPS) is 16.1. The number of fused-ring (bicyclic) bond motifs is 1. The molecule has 2 aromatic rings. The van der Waals surface area contributed by atoms with Crippen LogP contribution >= 0.6 is 11.3 Å². The molecular formula is C17H17N3O2S. The Morgan fingerprint density at radius 2 is 2.13 bits per heavy atom. The molecule has 2 heterocycles. The fourth-order valence-electron chi connectivity index (χ4n) is 2.67. The van der Waals surface area contributed by atoms with Crippen LogP contribution < -0.4 is 5.32 Å². The highest BCUT2D eigenvalue weighted by molar-refractivity contribution is 7.15. The average Bonchev–Trinajstić information content (AvgIpc) is 2.92. The third kappa shape index (κ3) is 3.32. The van der Waals surface area contributed by atoms with Gasteiger partial charge in [-0.2, -0.15) is 0 Å². The molecule has 1 aliphatic heterocycles. The zero-order valence-electron chi connectivity index (χ0n) is 12.9. The van der Waals surface area contributed by atoms with Gasteiger partial charge in [0.1, 0.15) is 0 Å². The van der Waals surface area contributed by atoms with Crippen LogP contribution in [-0.4, -0.2) is 21.7 Å². The second-order valence-corrected chi connectivity index (χ2v) is 6.65. The van der Waals surface area contributed by atoms with Gasteiger partial charge >= 0.3 is 0 Å².